The summed E-state index contributed by atoms with van der Waals surface area (Å²) in [7, 11) is 0. The number of anilines is 1. The zero-order valence-electron chi connectivity index (χ0n) is 9.97. The average molecular weight is 245 g/mol. The Morgan fingerprint density at radius 2 is 2.11 bits per heavy atom. The van der Waals surface area contributed by atoms with Crippen LogP contribution >= 0.6 is 0 Å². The van der Waals surface area contributed by atoms with Crippen LogP contribution in [-0.4, -0.2) is 39.4 Å². The Morgan fingerprint density at radius 1 is 1.33 bits per heavy atom. The van der Waals surface area contributed by atoms with Crippen LogP contribution in [0.4, 0.5) is 10.5 Å². The molecule has 3 rings (SSSR count). The lowest BCUT2D eigenvalue weighted by Gasteiger charge is -2.24. The second-order valence-electron chi connectivity index (χ2n) is 4.53. The van der Waals surface area contributed by atoms with Crippen LogP contribution in [0.1, 0.15) is 31.2 Å². The number of amidine groups is 1. The molecule has 18 heavy (non-hydrogen) atoms. The molecule has 0 bridgehead atoms. The van der Waals surface area contributed by atoms with Gasteiger partial charge in [-0.3, -0.25) is 9.69 Å². The number of urea groups is 1. The van der Waals surface area contributed by atoms with E-state index in [1.807, 2.05) is 13.8 Å². The van der Waals surface area contributed by atoms with E-state index in [0.29, 0.717) is 17.2 Å². The van der Waals surface area contributed by atoms with Gasteiger partial charge in [0.15, 0.2) is 11.5 Å². The Labute approximate surface area is 103 Å². The van der Waals surface area contributed by atoms with Crippen LogP contribution < -0.4 is 5.32 Å². The van der Waals surface area contributed by atoms with Gasteiger partial charge in [-0.15, -0.1) is 5.10 Å². The van der Waals surface area contributed by atoms with E-state index in [1.54, 1.807) is 6.07 Å². The summed E-state index contributed by atoms with van der Waals surface area (Å²) in [4.78, 5) is 28.2. The van der Waals surface area contributed by atoms with Crippen LogP contribution in [0, 0.1) is 0 Å². The Bertz CT molecular complexity index is 593. The van der Waals surface area contributed by atoms with Gasteiger partial charge in [0.25, 0.3) is 5.91 Å². The molecular weight excluding hydrogens is 234 g/mol. The lowest BCUT2D eigenvalue weighted by atomic mass is 10.1. The number of fused-ring (bicyclic) bond motifs is 3. The smallest absolute Gasteiger partial charge is 0.305 e. The molecule has 0 spiro atoms. The normalized spacial score (nSPS) is 17.5. The number of carbonyl (C=O) groups is 2. The minimum absolute atomic E-state index is 0.0335. The summed E-state index contributed by atoms with van der Waals surface area (Å²) in [5.74, 6) is 0.161. The van der Waals surface area contributed by atoms with Crippen LogP contribution in [0.15, 0.2) is 11.1 Å². The zero-order chi connectivity index (χ0) is 12.9. The first-order valence-electron chi connectivity index (χ1n) is 5.64. The van der Waals surface area contributed by atoms with Crippen molar-refractivity contribution in [1.29, 1.82) is 0 Å². The van der Waals surface area contributed by atoms with Gasteiger partial charge in [-0.1, -0.05) is 13.8 Å². The molecule has 0 unspecified atom stereocenters. The maximum atomic E-state index is 11.8. The first kappa shape index (κ1) is 10.8. The van der Waals surface area contributed by atoms with Crippen LogP contribution in [0.5, 0.6) is 0 Å². The molecule has 0 saturated carbocycles. The number of rotatable bonds is 1. The summed E-state index contributed by atoms with van der Waals surface area (Å²) in [6.45, 7) is 3.95. The number of nitrogens with one attached hydrogen (secondary N) is 1. The van der Waals surface area contributed by atoms with E-state index < -0.39 is 0 Å². The van der Waals surface area contributed by atoms with Crippen LogP contribution in [0.2, 0.25) is 0 Å². The highest BCUT2D eigenvalue weighted by atomic mass is 16.2. The number of aromatic nitrogens is 2. The molecule has 2 aliphatic heterocycles. The second-order valence-corrected chi connectivity index (χ2v) is 4.53. The third-order valence-corrected chi connectivity index (χ3v) is 2.88. The summed E-state index contributed by atoms with van der Waals surface area (Å²) in [5, 5.41) is 10.8. The number of hydrogen-bond donors (Lipinski definition) is 1. The molecule has 0 fully saturated rings. The average Bonchev–Trinajstić information content (AvgIpc) is 2.71. The van der Waals surface area contributed by atoms with Crippen molar-refractivity contribution in [2.24, 2.45) is 4.99 Å². The number of amides is 3. The largest absolute Gasteiger partial charge is 0.328 e. The molecule has 1 N–H and O–H groups in total. The molecule has 0 aliphatic carbocycles. The van der Waals surface area contributed by atoms with Crippen molar-refractivity contribution in [1.82, 2.24) is 15.1 Å². The Balaban J connectivity index is 2.13. The van der Waals surface area contributed by atoms with E-state index in [2.05, 4.69) is 20.5 Å². The summed E-state index contributed by atoms with van der Waals surface area (Å²) in [5.41, 5.74) is 1.79. The van der Waals surface area contributed by atoms with Gasteiger partial charge in [0, 0.05) is 0 Å². The lowest BCUT2D eigenvalue weighted by Crippen LogP contribution is -2.43. The maximum absolute atomic E-state index is 11.8. The van der Waals surface area contributed by atoms with Crippen molar-refractivity contribution >= 4 is 23.5 Å². The van der Waals surface area contributed by atoms with E-state index in [0.717, 1.165) is 5.69 Å². The van der Waals surface area contributed by atoms with E-state index in [-0.39, 0.29) is 24.4 Å². The fourth-order valence-electron chi connectivity index (χ4n) is 1.90. The van der Waals surface area contributed by atoms with Crippen molar-refractivity contribution in [2.75, 3.05) is 11.9 Å². The zero-order valence-corrected chi connectivity index (χ0v) is 9.97. The highest BCUT2D eigenvalue weighted by molar-refractivity contribution is 6.23. The summed E-state index contributed by atoms with van der Waals surface area (Å²) in [6.07, 6.45) is 0. The molecule has 92 valence electrons. The molecule has 0 saturated heterocycles. The number of carbonyl (C=O) groups excluding carboxylic acids is 2. The van der Waals surface area contributed by atoms with Gasteiger partial charge in [-0.05, 0) is 12.0 Å². The first-order valence-corrected chi connectivity index (χ1v) is 5.64. The minimum atomic E-state index is -0.352. The number of hydrogen-bond acceptors (Lipinski definition) is 4. The third kappa shape index (κ3) is 1.47. The molecule has 1 aromatic heterocycles. The summed E-state index contributed by atoms with van der Waals surface area (Å²) in [6, 6.07) is 1.42. The second kappa shape index (κ2) is 3.59. The highest BCUT2D eigenvalue weighted by Crippen LogP contribution is 2.26. The Hall–Kier alpha value is -2.31. The molecule has 2 aliphatic rings. The Kier molecular flexibility index (Phi) is 2.16. The van der Waals surface area contributed by atoms with E-state index in [9.17, 15) is 9.59 Å². The van der Waals surface area contributed by atoms with Crippen molar-refractivity contribution in [3.05, 3.63) is 17.5 Å². The standard InChI is InChI=1S/C11H11N5O2/c1-5(2)6-3-7-9(15-14-6)10-13-8(17)4-16(10)11(18)12-7/h3,5H,4H2,1-2H3,(H,12,18). The van der Waals surface area contributed by atoms with E-state index in [1.165, 1.54) is 4.90 Å². The van der Waals surface area contributed by atoms with Gasteiger partial charge in [0.2, 0.25) is 0 Å². The van der Waals surface area contributed by atoms with Gasteiger partial charge >= 0.3 is 6.03 Å². The van der Waals surface area contributed by atoms with Gasteiger partial charge in [-0.25, -0.2) is 4.79 Å². The van der Waals surface area contributed by atoms with Gasteiger partial charge in [0.1, 0.15) is 6.54 Å². The van der Waals surface area contributed by atoms with Crippen molar-refractivity contribution in [3.8, 4) is 0 Å². The third-order valence-electron chi connectivity index (χ3n) is 2.88. The quantitative estimate of drug-likeness (QED) is 0.790. The molecule has 0 atom stereocenters. The fourth-order valence-corrected chi connectivity index (χ4v) is 1.90. The van der Waals surface area contributed by atoms with E-state index in [4.69, 9.17) is 0 Å². The van der Waals surface area contributed by atoms with Crippen LogP contribution in [0.25, 0.3) is 0 Å². The fraction of sp³-hybridized carbons (Fsp3) is 0.364. The summed E-state index contributed by atoms with van der Waals surface area (Å²) < 4.78 is 0. The Morgan fingerprint density at radius 3 is 2.83 bits per heavy atom. The monoisotopic (exact) mass is 245 g/mol. The van der Waals surface area contributed by atoms with Crippen LogP contribution in [-0.2, 0) is 4.79 Å². The molecule has 0 aromatic carbocycles. The molecular formula is C11H11N5O2. The first-order chi connectivity index (χ1) is 8.56. The maximum Gasteiger partial charge on any atom is 0.328 e. The predicted molar refractivity (Wildman–Crippen MR) is 63.4 cm³/mol. The molecule has 3 heterocycles. The van der Waals surface area contributed by atoms with E-state index >= 15 is 0 Å². The topological polar surface area (TPSA) is 87.6 Å². The molecule has 3 amide bonds. The number of nitrogens with zero attached hydrogens (tertiary/aromatic N) is 4. The van der Waals surface area contributed by atoms with Crippen molar-refractivity contribution in [3.63, 3.8) is 0 Å². The SMILES string of the molecule is CC(C)c1cc2c(nn1)C1=NC(=O)CN1C(=O)N2. The molecule has 0 radical (unpaired) electrons. The number of aliphatic imine (C=N–C) groups is 1. The summed E-state index contributed by atoms with van der Waals surface area (Å²) >= 11 is 0. The van der Waals surface area contributed by atoms with Crippen molar-refractivity contribution < 1.29 is 9.59 Å². The highest BCUT2D eigenvalue weighted by Gasteiger charge is 2.36. The molecule has 7 nitrogen and oxygen atoms in total. The minimum Gasteiger partial charge on any atom is -0.305 e. The van der Waals surface area contributed by atoms with Gasteiger partial charge in [-0.2, -0.15) is 10.1 Å². The predicted octanol–water partition coefficient (Wildman–Crippen LogP) is 0.734. The van der Waals surface area contributed by atoms with Crippen LogP contribution in [0.3, 0.4) is 0 Å². The molecule has 1 aromatic rings. The van der Waals surface area contributed by atoms with Crippen molar-refractivity contribution in [2.45, 2.75) is 19.8 Å². The lowest BCUT2D eigenvalue weighted by molar-refractivity contribution is -0.116. The van der Waals surface area contributed by atoms with Gasteiger partial charge in [0.05, 0.1) is 11.4 Å². The van der Waals surface area contributed by atoms with Gasteiger partial charge < -0.3 is 5.32 Å². The molecule has 7 heteroatoms.